The van der Waals surface area contributed by atoms with Gasteiger partial charge in [0.2, 0.25) is 6.29 Å². The average Bonchev–Trinajstić information content (AvgIpc) is 2.90. The molecule has 0 spiro atoms. The zero-order valence-electron chi connectivity index (χ0n) is 12.5. The van der Waals surface area contributed by atoms with E-state index in [9.17, 15) is 0 Å². The fourth-order valence-electron chi connectivity index (χ4n) is 1.98. The van der Waals surface area contributed by atoms with Gasteiger partial charge in [0, 0.05) is 18.2 Å². The molecule has 2 rings (SSSR count). The van der Waals surface area contributed by atoms with E-state index in [-0.39, 0.29) is 0 Å². The number of hydrogen-bond acceptors (Lipinski definition) is 4. The molecule has 0 unspecified atom stereocenters. The Kier molecular flexibility index (Phi) is 5.73. The molecule has 0 saturated carbocycles. The maximum atomic E-state index is 6.24. The van der Waals surface area contributed by atoms with Crippen LogP contribution in [0.25, 0.3) is 0 Å². The lowest BCUT2D eigenvalue weighted by atomic mass is 10.1. The first-order valence-electron chi connectivity index (χ1n) is 7.02. The van der Waals surface area contributed by atoms with Crippen LogP contribution in [0, 0.1) is 6.92 Å². The fraction of sp³-hybridized carbons (Fsp3) is 0.467. The first-order valence-corrected chi connectivity index (χ1v) is 7.40. The van der Waals surface area contributed by atoms with Crippen LogP contribution in [-0.4, -0.2) is 28.2 Å². The number of hydrogen-bond donors (Lipinski definition) is 0. The van der Waals surface area contributed by atoms with Crippen LogP contribution in [0.2, 0.25) is 5.02 Å². The van der Waals surface area contributed by atoms with E-state index in [0.29, 0.717) is 25.5 Å². The quantitative estimate of drug-likeness (QED) is 0.736. The van der Waals surface area contributed by atoms with E-state index in [2.05, 4.69) is 10.3 Å². The Morgan fingerprint density at radius 1 is 1.24 bits per heavy atom. The molecule has 6 heteroatoms. The Morgan fingerprint density at radius 2 is 1.95 bits per heavy atom. The summed E-state index contributed by atoms with van der Waals surface area (Å²) in [5, 5.41) is 8.96. The molecule has 1 aromatic carbocycles. The van der Waals surface area contributed by atoms with Crippen LogP contribution >= 0.6 is 11.6 Å². The highest BCUT2D eigenvalue weighted by Gasteiger charge is 2.16. The second kappa shape index (κ2) is 7.54. The number of benzene rings is 1. The van der Waals surface area contributed by atoms with Crippen LogP contribution in [0.4, 0.5) is 0 Å². The van der Waals surface area contributed by atoms with Gasteiger partial charge in [-0.25, -0.2) is 4.68 Å². The first kappa shape index (κ1) is 15.9. The van der Waals surface area contributed by atoms with Crippen LogP contribution < -0.4 is 0 Å². The summed E-state index contributed by atoms with van der Waals surface area (Å²) >= 11 is 6.24. The van der Waals surface area contributed by atoms with E-state index in [1.807, 2.05) is 45.2 Å². The van der Waals surface area contributed by atoms with Crippen molar-refractivity contribution in [3.8, 4) is 0 Å². The molecule has 5 nitrogen and oxygen atoms in total. The van der Waals surface area contributed by atoms with E-state index in [4.69, 9.17) is 21.1 Å². The van der Waals surface area contributed by atoms with Crippen LogP contribution in [0.1, 0.15) is 37.0 Å². The van der Waals surface area contributed by atoms with Crippen molar-refractivity contribution >= 4 is 11.6 Å². The van der Waals surface area contributed by atoms with Gasteiger partial charge in [0.05, 0.1) is 12.7 Å². The lowest BCUT2D eigenvalue weighted by Gasteiger charge is -2.13. The Hall–Kier alpha value is -1.43. The minimum absolute atomic E-state index is 0.470. The van der Waals surface area contributed by atoms with E-state index in [1.54, 1.807) is 4.68 Å². The van der Waals surface area contributed by atoms with Gasteiger partial charge >= 0.3 is 0 Å². The molecular weight excluding hydrogens is 290 g/mol. The zero-order valence-corrected chi connectivity index (χ0v) is 13.3. The van der Waals surface area contributed by atoms with Crippen LogP contribution in [-0.2, 0) is 16.0 Å². The second-order valence-corrected chi connectivity index (χ2v) is 5.09. The SMILES string of the molecule is CCOC(OCC)c1cn(Cc2ccc(C)cc2Cl)nn1. The van der Waals surface area contributed by atoms with Crippen LogP contribution in [0.3, 0.4) is 0 Å². The zero-order chi connectivity index (χ0) is 15.2. The summed E-state index contributed by atoms with van der Waals surface area (Å²) < 4.78 is 12.7. The average molecular weight is 310 g/mol. The molecular formula is C15H20ClN3O2. The molecule has 0 saturated heterocycles. The summed E-state index contributed by atoms with van der Waals surface area (Å²) in [5.74, 6) is 0. The van der Waals surface area contributed by atoms with Gasteiger partial charge in [0.1, 0.15) is 5.69 Å². The van der Waals surface area contributed by atoms with Crippen molar-refractivity contribution in [1.82, 2.24) is 15.0 Å². The van der Waals surface area contributed by atoms with Crippen molar-refractivity contribution in [2.75, 3.05) is 13.2 Å². The molecule has 114 valence electrons. The van der Waals surface area contributed by atoms with E-state index >= 15 is 0 Å². The third-order valence-electron chi connectivity index (χ3n) is 2.97. The smallest absolute Gasteiger partial charge is 0.204 e. The van der Waals surface area contributed by atoms with Gasteiger partial charge in [-0.3, -0.25) is 0 Å². The second-order valence-electron chi connectivity index (χ2n) is 4.68. The summed E-state index contributed by atoms with van der Waals surface area (Å²) in [4.78, 5) is 0. The van der Waals surface area contributed by atoms with Gasteiger partial charge in [-0.15, -0.1) is 5.10 Å². The molecule has 21 heavy (non-hydrogen) atoms. The van der Waals surface area contributed by atoms with Crippen molar-refractivity contribution in [3.05, 3.63) is 46.2 Å². The first-order chi connectivity index (χ1) is 10.1. The molecule has 1 aromatic heterocycles. The summed E-state index contributed by atoms with van der Waals surface area (Å²) in [6.45, 7) is 7.53. The monoisotopic (exact) mass is 309 g/mol. The molecule has 2 aromatic rings. The lowest BCUT2D eigenvalue weighted by molar-refractivity contribution is -0.142. The molecule has 0 N–H and O–H groups in total. The predicted molar refractivity (Wildman–Crippen MR) is 81.3 cm³/mol. The van der Waals surface area contributed by atoms with Gasteiger partial charge in [-0.2, -0.15) is 0 Å². The summed E-state index contributed by atoms with van der Waals surface area (Å²) in [6, 6.07) is 5.97. The van der Waals surface area contributed by atoms with Gasteiger partial charge in [0.25, 0.3) is 0 Å². The number of halogens is 1. The van der Waals surface area contributed by atoms with Gasteiger partial charge in [-0.1, -0.05) is 28.9 Å². The van der Waals surface area contributed by atoms with Gasteiger partial charge in [-0.05, 0) is 38.0 Å². The highest BCUT2D eigenvalue weighted by Crippen LogP contribution is 2.20. The molecule has 0 aliphatic rings. The van der Waals surface area contributed by atoms with Gasteiger partial charge < -0.3 is 9.47 Å². The minimum Gasteiger partial charge on any atom is -0.347 e. The van der Waals surface area contributed by atoms with Crippen molar-refractivity contribution in [1.29, 1.82) is 0 Å². The minimum atomic E-state index is -0.470. The lowest BCUT2D eigenvalue weighted by Crippen LogP contribution is -2.09. The maximum Gasteiger partial charge on any atom is 0.204 e. The number of aryl methyl sites for hydroxylation is 1. The number of rotatable bonds is 7. The van der Waals surface area contributed by atoms with Crippen molar-refractivity contribution in [3.63, 3.8) is 0 Å². The van der Waals surface area contributed by atoms with Crippen molar-refractivity contribution < 1.29 is 9.47 Å². The highest BCUT2D eigenvalue weighted by molar-refractivity contribution is 6.31. The Balaban J connectivity index is 2.11. The predicted octanol–water partition coefficient (Wildman–Crippen LogP) is 3.36. The van der Waals surface area contributed by atoms with E-state index in [1.165, 1.54) is 0 Å². The van der Waals surface area contributed by atoms with Crippen molar-refractivity contribution in [2.45, 2.75) is 33.6 Å². The molecule has 0 atom stereocenters. The van der Waals surface area contributed by atoms with Crippen molar-refractivity contribution in [2.24, 2.45) is 0 Å². The third kappa shape index (κ3) is 4.27. The third-order valence-corrected chi connectivity index (χ3v) is 3.33. The molecule has 0 fully saturated rings. The van der Waals surface area contributed by atoms with Gasteiger partial charge in [0.15, 0.2) is 0 Å². The van der Waals surface area contributed by atoms with E-state index < -0.39 is 6.29 Å². The molecule has 0 aliphatic carbocycles. The maximum absolute atomic E-state index is 6.24. The Morgan fingerprint density at radius 3 is 2.57 bits per heavy atom. The normalized spacial score (nSPS) is 11.3. The van der Waals surface area contributed by atoms with Crippen LogP contribution in [0.15, 0.2) is 24.4 Å². The molecule has 1 heterocycles. The topological polar surface area (TPSA) is 49.2 Å². The molecule has 0 radical (unpaired) electrons. The largest absolute Gasteiger partial charge is 0.347 e. The van der Waals surface area contributed by atoms with E-state index in [0.717, 1.165) is 16.1 Å². The Bertz CT molecular complexity index is 580. The standard InChI is InChI=1S/C15H20ClN3O2/c1-4-20-15(21-5-2)14-10-19(18-17-14)9-12-7-6-11(3)8-13(12)16/h6-8,10,15H,4-5,9H2,1-3H3. The summed E-state index contributed by atoms with van der Waals surface area (Å²) in [5.41, 5.74) is 2.81. The van der Waals surface area contributed by atoms with Crippen LogP contribution in [0.5, 0.6) is 0 Å². The number of nitrogens with zero attached hydrogens (tertiary/aromatic N) is 3. The number of aromatic nitrogens is 3. The summed E-state index contributed by atoms with van der Waals surface area (Å²) in [7, 11) is 0. The Labute approximate surface area is 129 Å². The molecule has 0 aliphatic heterocycles. The molecule has 0 bridgehead atoms. The fourth-order valence-corrected chi connectivity index (χ4v) is 2.27. The summed E-state index contributed by atoms with van der Waals surface area (Å²) in [6.07, 6.45) is 1.36. The molecule has 0 amide bonds. The highest BCUT2D eigenvalue weighted by atomic mass is 35.5. The number of ether oxygens (including phenoxy) is 2.